The molecule has 1 N–H and O–H groups in total. The molecule has 2 rings (SSSR count). The predicted molar refractivity (Wildman–Crippen MR) is 85.5 cm³/mol. The number of benzene rings is 1. The molecule has 0 amide bonds. The Morgan fingerprint density at radius 2 is 2.05 bits per heavy atom. The van der Waals surface area contributed by atoms with Crippen LogP contribution in [0.25, 0.3) is 0 Å². The van der Waals surface area contributed by atoms with Gasteiger partial charge < -0.3 is 14.6 Å². The van der Waals surface area contributed by atoms with E-state index in [1.165, 1.54) is 18.4 Å². The number of hydrogen-bond acceptors (Lipinski definition) is 3. The van der Waals surface area contributed by atoms with E-state index in [4.69, 9.17) is 4.74 Å². The van der Waals surface area contributed by atoms with Crippen molar-refractivity contribution in [2.45, 2.75) is 39.3 Å². The van der Waals surface area contributed by atoms with Gasteiger partial charge in [-0.15, -0.1) is 0 Å². The van der Waals surface area contributed by atoms with Gasteiger partial charge in [-0.2, -0.15) is 0 Å². The van der Waals surface area contributed by atoms with Crippen molar-refractivity contribution >= 4 is 0 Å². The summed E-state index contributed by atoms with van der Waals surface area (Å²) < 4.78 is 7.58. The van der Waals surface area contributed by atoms with Gasteiger partial charge in [0.15, 0.2) is 0 Å². The predicted octanol–water partition coefficient (Wildman–Crippen LogP) is 3.41. The molecule has 0 spiro atoms. The Labute approximate surface area is 127 Å². The maximum absolute atomic E-state index is 5.46. The smallest absolute Gasteiger partial charge is 0.119 e. The molecule has 0 aliphatic carbocycles. The van der Waals surface area contributed by atoms with E-state index in [1.54, 1.807) is 0 Å². The monoisotopic (exact) mass is 287 g/mol. The molecule has 1 atom stereocenters. The number of hydrogen-bond donors (Lipinski definition) is 1. The van der Waals surface area contributed by atoms with Gasteiger partial charge in [0.1, 0.15) is 5.75 Å². The third-order valence-electron chi connectivity index (χ3n) is 3.54. The highest BCUT2D eigenvalue weighted by Gasteiger charge is 2.04. The second-order valence-corrected chi connectivity index (χ2v) is 5.19. The van der Waals surface area contributed by atoms with Gasteiger partial charge in [0.2, 0.25) is 0 Å². The largest absolute Gasteiger partial charge is 0.494 e. The maximum Gasteiger partial charge on any atom is 0.119 e. The molecule has 114 valence electrons. The Hall–Kier alpha value is -1.81. The molecule has 0 aliphatic rings. The van der Waals surface area contributed by atoms with Crippen molar-refractivity contribution < 1.29 is 4.74 Å². The molecular weight excluding hydrogens is 262 g/mol. The van der Waals surface area contributed by atoms with Gasteiger partial charge in [-0.05, 0) is 50.9 Å². The van der Waals surface area contributed by atoms with E-state index in [-0.39, 0.29) is 0 Å². The summed E-state index contributed by atoms with van der Waals surface area (Å²) in [7, 11) is 0. The molecule has 0 saturated heterocycles. The molecule has 1 heterocycles. The zero-order chi connectivity index (χ0) is 14.9. The Balaban J connectivity index is 1.65. The van der Waals surface area contributed by atoms with Crippen LogP contribution < -0.4 is 10.1 Å². The lowest BCUT2D eigenvalue weighted by molar-refractivity contribution is 0.340. The highest BCUT2D eigenvalue weighted by atomic mass is 16.5. The highest BCUT2D eigenvalue weighted by Crippen LogP contribution is 2.17. The fourth-order valence-corrected chi connectivity index (χ4v) is 2.29. The zero-order valence-electron chi connectivity index (χ0n) is 13.0. The van der Waals surface area contributed by atoms with Gasteiger partial charge in [0, 0.05) is 25.0 Å². The van der Waals surface area contributed by atoms with E-state index in [2.05, 4.69) is 33.9 Å². The van der Waals surface area contributed by atoms with Crippen LogP contribution in [0.3, 0.4) is 0 Å². The van der Waals surface area contributed by atoms with Crippen molar-refractivity contribution in [3.8, 4) is 5.75 Å². The average Bonchev–Trinajstić information content (AvgIpc) is 3.01. The summed E-state index contributed by atoms with van der Waals surface area (Å²) in [6.07, 6.45) is 8.04. The van der Waals surface area contributed by atoms with E-state index in [0.29, 0.717) is 12.6 Å². The van der Waals surface area contributed by atoms with Crippen LogP contribution in [-0.4, -0.2) is 22.7 Å². The van der Waals surface area contributed by atoms with Gasteiger partial charge in [0.05, 0.1) is 12.9 Å². The first kappa shape index (κ1) is 15.6. The van der Waals surface area contributed by atoms with E-state index in [0.717, 1.165) is 18.8 Å². The zero-order valence-corrected chi connectivity index (χ0v) is 13.0. The number of nitrogens with one attached hydrogen (secondary N) is 1. The van der Waals surface area contributed by atoms with Gasteiger partial charge in [-0.1, -0.05) is 12.1 Å². The summed E-state index contributed by atoms with van der Waals surface area (Å²) in [5, 5.41) is 3.56. The van der Waals surface area contributed by atoms with Gasteiger partial charge in [-0.3, -0.25) is 0 Å². The van der Waals surface area contributed by atoms with Crippen molar-refractivity contribution in [2.24, 2.45) is 0 Å². The molecule has 1 unspecified atom stereocenters. The normalized spacial score (nSPS) is 12.3. The average molecular weight is 287 g/mol. The summed E-state index contributed by atoms with van der Waals surface area (Å²) >= 11 is 0. The molecule has 4 nitrogen and oxygen atoms in total. The van der Waals surface area contributed by atoms with E-state index >= 15 is 0 Å². The van der Waals surface area contributed by atoms with E-state index in [1.807, 2.05) is 37.8 Å². The van der Waals surface area contributed by atoms with Crippen molar-refractivity contribution in [2.75, 3.05) is 13.2 Å². The summed E-state index contributed by atoms with van der Waals surface area (Å²) in [6, 6.07) is 8.71. The van der Waals surface area contributed by atoms with Crippen LogP contribution >= 0.6 is 0 Å². The van der Waals surface area contributed by atoms with Crippen LogP contribution in [0.5, 0.6) is 5.75 Å². The lowest BCUT2D eigenvalue weighted by atomic mass is 10.1. The minimum atomic E-state index is 0.369. The summed E-state index contributed by atoms with van der Waals surface area (Å²) in [6.45, 7) is 6.99. The molecule has 0 bridgehead atoms. The first-order chi connectivity index (χ1) is 10.3. The van der Waals surface area contributed by atoms with Gasteiger partial charge in [-0.25, -0.2) is 4.98 Å². The van der Waals surface area contributed by atoms with E-state index < -0.39 is 0 Å². The quantitative estimate of drug-likeness (QED) is 0.718. The summed E-state index contributed by atoms with van der Waals surface area (Å²) in [5.74, 6) is 0.939. The van der Waals surface area contributed by atoms with Crippen LogP contribution in [-0.2, 0) is 6.54 Å². The first-order valence-electron chi connectivity index (χ1n) is 7.71. The number of imidazole rings is 1. The lowest BCUT2D eigenvalue weighted by Gasteiger charge is -2.15. The van der Waals surface area contributed by atoms with Crippen molar-refractivity contribution in [1.82, 2.24) is 14.9 Å². The Morgan fingerprint density at radius 1 is 1.24 bits per heavy atom. The summed E-state index contributed by atoms with van der Waals surface area (Å²) in [4.78, 5) is 4.05. The van der Waals surface area contributed by atoms with Crippen LogP contribution in [0, 0.1) is 0 Å². The maximum atomic E-state index is 5.46. The molecule has 0 aliphatic heterocycles. The number of unbranched alkanes of at least 4 members (excludes halogenated alkanes) is 1. The molecule has 2 aromatic rings. The second-order valence-electron chi connectivity index (χ2n) is 5.19. The standard InChI is InChI=1S/C17H25N3O/c1-3-21-17-8-6-16(7-9-17)15(2)19-10-4-5-12-20-13-11-18-14-20/h6-9,11,13-15,19H,3-5,10,12H2,1-2H3. The molecule has 1 aromatic carbocycles. The van der Waals surface area contributed by atoms with Crippen LogP contribution in [0.15, 0.2) is 43.0 Å². The Morgan fingerprint density at radius 3 is 2.71 bits per heavy atom. The SMILES string of the molecule is CCOc1ccc(C(C)NCCCCn2ccnc2)cc1. The third-order valence-corrected chi connectivity index (χ3v) is 3.54. The second kappa shape index (κ2) is 8.47. The van der Waals surface area contributed by atoms with Crippen molar-refractivity contribution in [3.63, 3.8) is 0 Å². The molecule has 21 heavy (non-hydrogen) atoms. The lowest BCUT2D eigenvalue weighted by Crippen LogP contribution is -2.20. The third kappa shape index (κ3) is 5.23. The number of aromatic nitrogens is 2. The van der Waals surface area contributed by atoms with Crippen LogP contribution in [0.4, 0.5) is 0 Å². The molecule has 0 radical (unpaired) electrons. The highest BCUT2D eigenvalue weighted by molar-refractivity contribution is 5.28. The summed E-state index contributed by atoms with van der Waals surface area (Å²) in [5.41, 5.74) is 1.30. The minimum Gasteiger partial charge on any atom is -0.494 e. The van der Waals surface area contributed by atoms with Crippen LogP contribution in [0.2, 0.25) is 0 Å². The number of nitrogens with zero attached hydrogens (tertiary/aromatic N) is 2. The van der Waals surface area contributed by atoms with Gasteiger partial charge in [0.25, 0.3) is 0 Å². The van der Waals surface area contributed by atoms with E-state index in [9.17, 15) is 0 Å². The Kier molecular flexibility index (Phi) is 6.28. The Bertz CT molecular complexity index is 493. The fraction of sp³-hybridized carbons (Fsp3) is 0.471. The van der Waals surface area contributed by atoms with Gasteiger partial charge >= 0.3 is 0 Å². The number of ether oxygens (including phenoxy) is 1. The first-order valence-corrected chi connectivity index (χ1v) is 7.71. The van der Waals surface area contributed by atoms with Crippen molar-refractivity contribution in [3.05, 3.63) is 48.5 Å². The van der Waals surface area contributed by atoms with Crippen LogP contribution in [0.1, 0.15) is 38.3 Å². The molecule has 0 fully saturated rings. The number of rotatable bonds is 9. The molecule has 1 aromatic heterocycles. The fourth-order valence-electron chi connectivity index (χ4n) is 2.29. The molecule has 0 saturated carbocycles. The molecule has 4 heteroatoms. The minimum absolute atomic E-state index is 0.369. The topological polar surface area (TPSA) is 39.1 Å². The molecular formula is C17H25N3O. The van der Waals surface area contributed by atoms with Crippen molar-refractivity contribution in [1.29, 1.82) is 0 Å². The number of aryl methyl sites for hydroxylation is 1.